The van der Waals surface area contributed by atoms with E-state index < -0.39 is 0 Å². The molecule has 0 amide bonds. The number of aromatic nitrogens is 2. The van der Waals surface area contributed by atoms with Crippen LogP contribution in [-0.2, 0) is 0 Å². The van der Waals surface area contributed by atoms with E-state index in [1.165, 1.54) is 5.56 Å². The summed E-state index contributed by atoms with van der Waals surface area (Å²) in [4.78, 5) is 7.69. The van der Waals surface area contributed by atoms with Gasteiger partial charge in [-0.1, -0.05) is 12.7 Å². The van der Waals surface area contributed by atoms with Crippen LogP contribution in [0, 0.1) is 6.92 Å². The standard InChI is InChI=1S/C7H7N.C6H7N/c1-2-7-3-5-8-6-4-7;1-6-2-4-7-5-3-6/h2-6H,1H2;2-5H,1H3. The molecule has 0 spiro atoms. The molecule has 0 unspecified atom stereocenters. The second-order valence-electron chi connectivity index (χ2n) is 3.01. The van der Waals surface area contributed by atoms with Gasteiger partial charge < -0.3 is 0 Å². The zero-order valence-electron chi connectivity index (χ0n) is 8.80. The van der Waals surface area contributed by atoms with Crippen molar-refractivity contribution in [2.45, 2.75) is 6.92 Å². The molecule has 0 atom stereocenters. The first-order chi connectivity index (χ1) is 7.33. The summed E-state index contributed by atoms with van der Waals surface area (Å²) in [5, 5.41) is 0. The Morgan fingerprint density at radius 1 is 0.933 bits per heavy atom. The van der Waals surface area contributed by atoms with Gasteiger partial charge in [0.05, 0.1) is 0 Å². The maximum atomic E-state index is 3.85. The zero-order chi connectivity index (χ0) is 10.9. The zero-order valence-corrected chi connectivity index (χ0v) is 8.80. The summed E-state index contributed by atoms with van der Waals surface area (Å²) in [6.07, 6.45) is 8.86. The lowest BCUT2D eigenvalue weighted by Gasteiger charge is -1.84. The highest BCUT2D eigenvalue weighted by Gasteiger charge is 1.76. The average Bonchev–Trinajstić information content (AvgIpc) is 2.32. The van der Waals surface area contributed by atoms with Crippen LogP contribution in [0.3, 0.4) is 0 Å². The predicted octanol–water partition coefficient (Wildman–Crippen LogP) is 3.11. The number of hydrogen-bond donors (Lipinski definition) is 0. The summed E-state index contributed by atoms with van der Waals surface area (Å²) >= 11 is 0. The van der Waals surface area contributed by atoms with Crippen LogP contribution < -0.4 is 0 Å². The lowest BCUT2D eigenvalue weighted by Crippen LogP contribution is -1.69. The largest absolute Gasteiger partial charge is 0.265 e. The third-order valence-corrected chi connectivity index (χ3v) is 1.79. The molecule has 0 N–H and O–H groups in total. The Morgan fingerprint density at radius 2 is 1.40 bits per heavy atom. The summed E-state index contributed by atoms with van der Waals surface area (Å²) in [7, 11) is 0. The molecule has 2 nitrogen and oxygen atoms in total. The van der Waals surface area contributed by atoms with Crippen LogP contribution in [0.4, 0.5) is 0 Å². The molecule has 0 radical (unpaired) electrons. The molecule has 15 heavy (non-hydrogen) atoms. The highest BCUT2D eigenvalue weighted by molar-refractivity contribution is 5.44. The van der Waals surface area contributed by atoms with Gasteiger partial charge in [-0.2, -0.15) is 0 Å². The van der Waals surface area contributed by atoms with Crippen molar-refractivity contribution < 1.29 is 0 Å². The molecule has 2 heterocycles. The first-order valence-electron chi connectivity index (χ1n) is 4.72. The van der Waals surface area contributed by atoms with Crippen molar-refractivity contribution in [3.63, 3.8) is 0 Å². The number of hydrogen-bond acceptors (Lipinski definition) is 2. The van der Waals surface area contributed by atoms with E-state index in [0.29, 0.717) is 0 Å². The minimum Gasteiger partial charge on any atom is -0.265 e. The molecule has 2 aromatic heterocycles. The van der Waals surface area contributed by atoms with Gasteiger partial charge in [-0.05, 0) is 42.3 Å². The van der Waals surface area contributed by atoms with Crippen molar-refractivity contribution in [3.05, 3.63) is 66.8 Å². The molecule has 2 heteroatoms. The third kappa shape index (κ3) is 4.72. The summed E-state index contributed by atoms with van der Waals surface area (Å²) in [5.41, 5.74) is 2.37. The Morgan fingerprint density at radius 3 is 1.67 bits per heavy atom. The quantitative estimate of drug-likeness (QED) is 0.703. The maximum Gasteiger partial charge on any atom is 0.0273 e. The molecule has 0 bridgehead atoms. The Hall–Kier alpha value is -1.96. The molecule has 0 aliphatic heterocycles. The second-order valence-corrected chi connectivity index (χ2v) is 3.01. The van der Waals surface area contributed by atoms with Crippen molar-refractivity contribution >= 4 is 6.08 Å². The fraction of sp³-hybridized carbons (Fsp3) is 0.0769. The van der Waals surface area contributed by atoms with Crippen molar-refractivity contribution in [2.75, 3.05) is 0 Å². The molecule has 0 fully saturated rings. The van der Waals surface area contributed by atoms with E-state index in [4.69, 9.17) is 0 Å². The third-order valence-electron chi connectivity index (χ3n) is 1.79. The van der Waals surface area contributed by atoms with Crippen LogP contribution in [0.5, 0.6) is 0 Å². The van der Waals surface area contributed by atoms with Crippen LogP contribution in [-0.4, -0.2) is 9.97 Å². The van der Waals surface area contributed by atoms with Gasteiger partial charge in [-0.15, -0.1) is 0 Å². The molecular formula is C13H14N2. The van der Waals surface area contributed by atoms with E-state index >= 15 is 0 Å². The molecule has 0 aromatic carbocycles. The highest BCUT2D eigenvalue weighted by Crippen LogP contribution is 1.95. The van der Waals surface area contributed by atoms with Gasteiger partial charge in [0.1, 0.15) is 0 Å². The monoisotopic (exact) mass is 198 g/mol. The average molecular weight is 198 g/mol. The molecule has 2 aromatic rings. The van der Waals surface area contributed by atoms with Crippen LogP contribution in [0.25, 0.3) is 6.08 Å². The minimum atomic E-state index is 1.11. The Labute approximate surface area is 90.3 Å². The topological polar surface area (TPSA) is 25.8 Å². The van der Waals surface area contributed by atoms with Crippen molar-refractivity contribution in [2.24, 2.45) is 0 Å². The lowest BCUT2D eigenvalue weighted by atomic mass is 10.3. The fourth-order valence-corrected chi connectivity index (χ4v) is 0.926. The molecule has 76 valence electrons. The van der Waals surface area contributed by atoms with E-state index in [1.807, 2.05) is 31.2 Å². The summed E-state index contributed by atoms with van der Waals surface area (Å²) < 4.78 is 0. The first kappa shape index (κ1) is 11.1. The minimum absolute atomic E-state index is 1.11. The summed E-state index contributed by atoms with van der Waals surface area (Å²) in [6.45, 7) is 5.65. The van der Waals surface area contributed by atoms with Gasteiger partial charge in [-0.3, -0.25) is 9.97 Å². The van der Waals surface area contributed by atoms with Gasteiger partial charge in [0.15, 0.2) is 0 Å². The summed E-state index contributed by atoms with van der Waals surface area (Å²) in [6, 6.07) is 7.76. The molecule has 0 aliphatic carbocycles. The number of rotatable bonds is 1. The smallest absolute Gasteiger partial charge is 0.0273 e. The van der Waals surface area contributed by atoms with Crippen LogP contribution in [0.2, 0.25) is 0 Å². The Kier molecular flexibility index (Phi) is 4.81. The van der Waals surface area contributed by atoms with Crippen molar-refractivity contribution in [1.29, 1.82) is 0 Å². The molecular weight excluding hydrogens is 184 g/mol. The first-order valence-corrected chi connectivity index (χ1v) is 4.72. The Bertz CT molecular complexity index is 382. The summed E-state index contributed by atoms with van der Waals surface area (Å²) in [5.74, 6) is 0. The van der Waals surface area contributed by atoms with Gasteiger partial charge in [0.25, 0.3) is 0 Å². The van der Waals surface area contributed by atoms with Crippen LogP contribution >= 0.6 is 0 Å². The van der Waals surface area contributed by atoms with E-state index in [9.17, 15) is 0 Å². The normalized spacial score (nSPS) is 8.60. The Balaban J connectivity index is 0.000000151. The van der Waals surface area contributed by atoms with Crippen LogP contribution in [0.1, 0.15) is 11.1 Å². The maximum absolute atomic E-state index is 3.85. The van der Waals surface area contributed by atoms with Gasteiger partial charge in [0, 0.05) is 24.8 Å². The predicted molar refractivity (Wildman–Crippen MR) is 63.3 cm³/mol. The van der Waals surface area contributed by atoms with E-state index in [1.54, 1.807) is 30.9 Å². The fourth-order valence-electron chi connectivity index (χ4n) is 0.926. The van der Waals surface area contributed by atoms with Crippen LogP contribution in [0.15, 0.2) is 55.6 Å². The van der Waals surface area contributed by atoms with Gasteiger partial charge >= 0.3 is 0 Å². The van der Waals surface area contributed by atoms with Crippen molar-refractivity contribution in [3.8, 4) is 0 Å². The molecule has 2 rings (SSSR count). The second kappa shape index (κ2) is 6.49. The van der Waals surface area contributed by atoms with E-state index in [2.05, 4.69) is 16.5 Å². The molecule has 0 saturated carbocycles. The number of nitrogens with zero attached hydrogens (tertiary/aromatic N) is 2. The highest BCUT2D eigenvalue weighted by atomic mass is 14.6. The SMILES string of the molecule is C=Cc1ccncc1.Cc1ccncc1. The van der Waals surface area contributed by atoms with Crippen molar-refractivity contribution in [1.82, 2.24) is 9.97 Å². The van der Waals surface area contributed by atoms with E-state index in [0.717, 1.165) is 5.56 Å². The van der Waals surface area contributed by atoms with Gasteiger partial charge in [0.2, 0.25) is 0 Å². The molecule has 0 aliphatic rings. The molecule has 0 saturated heterocycles. The lowest BCUT2D eigenvalue weighted by molar-refractivity contribution is 1.29. The number of aryl methyl sites for hydroxylation is 1. The van der Waals surface area contributed by atoms with Gasteiger partial charge in [-0.25, -0.2) is 0 Å². The van der Waals surface area contributed by atoms with E-state index in [-0.39, 0.29) is 0 Å². The number of pyridine rings is 2.